The van der Waals surface area contributed by atoms with Crippen molar-refractivity contribution >= 4 is 34.1 Å². The van der Waals surface area contributed by atoms with E-state index in [4.69, 9.17) is 20.8 Å². The number of amides is 1. The maximum Gasteiger partial charge on any atom is 0.247 e. The summed E-state index contributed by atoms with van der Waals surface area (Å²) in [6.45, 7) is 7.43. The summed E-state index contributed by atoms with van der Waals surface area (Å²) in [6.07, 6.45) is 10.9. The smallest absolute Gasteiger partial charge is 0.247 e. The first-order valence-electron chi connectivity index (χ1n) is 12.9. The lowest BCUT2D eigenvalue weighted by atomic mass is 9.78. The van der Waals surface area contributed by atoms with Gasteiger partial charge in [-0.3, -0.25) is 4.79 Å². The van der Waals surface area contributed by atoms with Crippen LogP contribution in [-0.4, -0.2) is 30.0 Å². The van der Waals surface area contributed by atoms with Crippen LogP contribution >= 0.6 is 11.6 Å². The number of aryl methyl sites for hydroxylation is 1. The molecule has 2 atom stereocenters. The maximum atomic E-state index is 13.5. The van der Waals surface area contributed by atoms with Gasteiger partial charge in [0.15, 0.2) is 0 Å². The quantitative estimate of drug-likeness (QED) is 0.339. The number of allylic oxidation sites excluding steroid dienone is 1. The Morgan fingerprint density at radius 3 is 2.69 bits per heavy atom. The standard InChI is InChI=1S/C30H34ClNO3/c1-4-34-29-20(3)30-25(26(18-35-30)21-11-13-23(31)14-12-21)17-24(29)19(2)16-28(33)32-15-7-9-22-8-5-6-10-27(22)32/h11-14,16-18,22,27H,4-10,15H2,1-3H3/b19-16+. The summed E-state index contributed by atoms with van der Waals surface area (Å²) in [6, 6.07) is 10.3. The Labute approximate surface area is 212 Å². The number of furan rings is 1. The van der Waals surface area contributed by atoms with Gasteiger partial charge in [-0.15, -0.1) is 0 Å². The van der Waals surface area contributed by atoms with E-state index in [0.717, 1.165) is 63.9 Å². The molecule has 5 rings (SSSR count). The normalized spacial score (nSPS) is 20.7. The Kier molecular flexibility index (Phi) is 6.93. The van der Waals surface area contributed by atoms with Gasteiger partial charge in [0, 0.05) is 45.8 Å². The van der Waals surface area contributed by atoms with Crippen LogP contribution in [0.3, 0.4) is 0 Å². The number of fused-ring (bicyclic) bond motifs is 2. The molecule has 184 valence electrons. The fraction of sp³-hybridized carbons (Fsp3) is 0.433. The molecular weight excluding hydrogens is 458 g/mol. The van der Waals surface area contributed by atoms with Gasteiger partial charge in [0.05, 0.1) is 12.9 Å². The second kappa shape index (κ2) is 10.1. The van der Waals surface area contributed by atoms with Crippen LogP contribution in [0.5, 0.6) is 5.75 Å². The molecule has 2 unspecified atom stereocenters. The van der Waals surface area contributed by atoms with Gasteiger partial charge in [0.1, 0.15) is 11.3 Å². The molecule has 0 bridgehead atoms. The summed E-state index contributed by atoms with van der Waals surface area (Å²) in [5, 5.41) is 1.71. The van der Waals surface area contributed by atoms with Gasteiger partial charge in [-0.2, -0.15) is 0 Å². The Morgan fingerprint density at radius 1 is 1.17 bits per heavy atom. The van der Waals surface area contributed by atoms with E-state index in [0.29, 0.717) is 23.6 Å². The zero-order valence-corrected chi connectivity index (χ0v) is 21.7. The molecule has 2 aromatic carbocycles. The number of rotatable bonds is 5. The second-order valence-corrected chi connectivity index (χ2v) is 10.4. The van der Waals surface area contributed by atoms with Crippen molar-refractivity contribution in [3.63, 3.8) is 0 Å². The highest BCUT2D eigenvalue weighted by atomic mass is 35.5. The molecule has 1 saturated heterocycles. The molecule has 0 radical (unpaired) electrons. The lowest BCUT2D eigenvalue weighted by molar-refractivity contribution is -0.132. The molecule has 0 spiro atoms. The first-order chi connectivity index (χ1) is 17.0. The van der Waals surface area contributed by atoms with Crippen molar-refractivity contribution in [2.45, 2.75) is 65.3 Å². The largest absolute Gasteiger partial charge is 0.493 e. The Bertz CT molecular complexity index is 1250. The van der Waals surface area contributed by atoms with Crippen LogP contribution in [0.2, 0.25) is 5.02 Å². The van der Waals surface area contributed by atoms with Gasteiger partial charge in [0.2, 0.25) is 5.91 Å². The summed E-state index contributed by atoms with van der Waals surface area (Å²) in [4.78, 5) is 15.6. The van der Waals surface area contributed by atoms with Crippen LogP contribution < -0.4 is 4.74 Å². The van der Waals surface area contributed by atoms with Crippen molar-refractivity contribution in [3.8, 4) is 16.9 Å². The Balaban J connectivity index is 1.55. The van der Waals surface area contributed by atoms with Crippen LogP contribution in [0.15, 0.2) is 47.1 Å². The van der Waals surface area contributed by atoms with Crippen LogP contribution in [0.4, 0.5) is 0 Å². The Morgan fingerprint density at radius 2 is 1.91 bits per heavy atom. The van der Waals surface area contributed by atoms with Gasteiger partial charge >= 0.3 is 0 Å². The number of benzene rings is 2. The molecule has 1 aliphatic heterocycles. The molecular formula is C30H34ClNO3. The lowest BCUT2D eigenvalue weighted by Crippen LogP contribution is -2.49. The molecule has 4 nitrogen and oxygen atoms in total. The van der Waals surface area contributed by atoms with Crippen molar-refractivity contribution in [1.82, 2.24) is 4.90 Å². The number of carbonyl (C=O) groups excluding carboxylic acids is 1. The van der Waals surface area contributed by atoms with Crippen molar-refractivity contribution in [3.05, 3.63) is 58.8 Å². The molecule has 35 heavy (non-hydrogen) atoms. The SMILES string of the molecule is CCOc1c(/C(C)=C/C(=O)N2CCCC3CCCCC32)cc2c(-c3ccc(Cl)cc3)coc2c1C. The second-order valence-electron chi connectivity index (χ2n) is 9.96. The van der Waals surface area contributed by atoms with E-state index in [9.17, 15) is 4.79 Å². The number of hydrogen-bond acceptors (Lipinski definition) is 3. The van der Waals surface area contributed by atoms with E-state index >= 15 is 0 Å². The van der Waals surface area contributed by atoms with Crippen molar-refractivity contribution in [2.24, 2.45) is 5.92 Å². The number of halogens is 1. The van der Waals surface area contributed by atoms with Crippen molar-refractivity contribution in [1.29, 1.82) is 0 Å². The molecule has 1 aromatic heterocycles. The number of likely N-dealkylation sites (tertiary alicyclic amines) is 1. The number of carbonyl (C=O) groups is 1. The van der Waals surface area contributed by atoms with Gasteiger partial charge in [0.25, 0.3) is 0 Å². The van der Waals surface area contributed by atoms with Gasteiger partial charge < -0.3 is 14.1 Å². The van der Waals surface area contributed by atoms with E-state index < -0.39 is 0 Å². The molecule has 5 heteroatoms. The maximum absolute atomic E-state index is 13.5. The molecule has 1 aliphatic carbocycles. The third-order valence-electron chi connectivity index (χ3n) is 7.78. The average Bonchev–Trinajstić information content (AvgIpc) is 3.30. The summed E-state index contributed by atoms with van der Waals surface area (Å²) in [7, 11) is 0. The fourth-order valence-corrected chi connectivity index (χ4v) is 6.16. The number of ether oxygens (including phenoxy) is 1. The van der Waals surface area contributed by atoms with Crippen molar-refractivity contribution in [2.75, 3.05) is 13.2 Å². The van der Waals surface area contributed by atoms with Gasteiger partial charge in [-0.25, -0.2) is 0 Å². The first kappa shape index (κ1) is 24.0. The minimum atomic E-state index is 0.129. The highest BCUT2D eigenvalue weighted by molar-refractivity contribution is 6.30. The highest BCUT2D eigenvalue weighted by Gasteiger charge is 2.35. The number of piperidine rings is 1. The van der Waals surface area contributed by atoms with Gasteiger partial charge in [-0.1, -0.05) is 36.6 Å². The summed E-state index contributed by atoms with van der Waals surface area (Å²) < 4.78 is 12.1. The summed E-state index contributed by atoms with van der Waals surface area (Å²) >= 11 is 6.11. The molecule has 2 aliphatic rings. The molecule has 2 heterocycles. The van der Waals surface area contributed by atoms with E-state index in [1.54, 1.807) is 6.26 Å². The molecule has 0 N–H and O–H groups in total. The fourth-order valence-electron chi connectivity index (χ4n) is 6.04. The molecule has 1 amide bonds. The summed E-state index contributed by atoms with van der Waals surface area (Å²) in [5.74, 6) is 1.58. The van der Waals surface area contributed by atoms with Gasteiger partial charge in [-0.05, 0) is 81.7 Å². The van der Waals surface area contributed by atoms with Crippen molar-refractivity contribution < 1.29 is 13.9 Å². The third-order valence-corrected chi connectivity index (χ3v) is 8.03. The number of nitrogens with zero attached hydrogens (tertiary/aromatic N) is 1. The third kappa shape index (κ3) is 4.61. The molecule has 3 aromatic rings. The molecule has 2 fully saturated rings. The zero-order valence-electron chi connectivity index (χ0n) is 20.9. The Hall–Kier alpha value is -2.72. The first-order valence-corrected chi connectivity index (χ1v) is 13.3. The topological polar surface area (TPSA) is 42.7 Å². The average molecular weight is 492 g/mol. The van der Waals surface area contributed by atoms with E-state index in [-0.39, 0.29) is 5.91 Å². The zero-order chi connectivity index (χ0) is 24.5. The predicted molar refractivity (Wildman–Crippen MR) is 143 cm³/mol. The number of hydrogen-bond donors (Lipinski definition) is 0. The van der Waals surface area contributed by atoms with Crippen LogP contribution in [0, 0.1) is 12.8 Å². The minimum absolute atomic E-state index is 0.129. The predicted octanol–water partition coefficient (Wildman–Crippen LogP) is 8.04. The summed E-state index contributed by atoms with van der Waals surface area (Å²) in [5.41, 5.74) is 5.66. The van der Waals surface area contributed by atoms with Crippen LogP contribution in [-0.2, 0) is 4.79 Å². The van der Waals surface area contributed by atoms with Crippen LogP contribution in [0.1, 0.15) is 63.5 Å². The molecule has 1 saturated carbocycles. The van der Waals surface area contributed by atoms with E-state index in [1.807, 2.05) is 51.1 Å². The lowest BCUT2D eigenvalue weighted by Gasteiger charge is -2.43. The van der Waals surface area contributed by atoms with E-state index in [2.05, 4.69) is 11.0 Å². The van der Waals surface area contributed by atoms with E-state index in [1.165, 1.54) is 25.7 Å². The minimum Gasteiger partial charge on any atom is -0.493 e. The highest BCUT2D eigenvalue weighted by Crippen LogP contribution is 2.41. The monoisotopic (exact) mass is 491 g/mol. The van der Waals surface area contributed by atoms with Crippen LogP contribution in [0.25, 0.3) is 27.7 Å².